The van der Waals surface area contributed by atoms with Gasteiger partial charge in [-0.2, -0.15) is 0 Å². The first-order valence-electron chi connectivity index (χ1n) is 5.72. The zero-order valence-electron chi connectivity index (χ0n) is 11.2. The van der Waals surface area contributed by atoms with Crippen LogP contribution in [0.15, 0.2) is 23.7 Å². The molecule has 0 aromatic carbocycles. The standard InChI is InChI=1S/C6H9N.C6H8S.C2H6/c1-5-3-6(2)7-4-5;1-5-3-4-7-6(5)2;1-2/h3-4,7H,1-2H3;3-4H,1-2H3;1-2H3. The Bertz CT molecular complexity index is 352. The highest BCUT2D eigenvalue weighted by Gasteiger charge is 1.87. The number of thiophene rings is 1. The van der Waals surface area contributed by atoms with Gasteiger partial charge in [0.05, 0.1) is 0 Å². The largest absolute Gasteiger partial charge is 0.365 e. The summed E-state index contributed by atoms with van der Waals surface area (Å²) >= 11 is 1.80. The molecule has 90 valence electrons. The SMILES string of the molecule is CC.Cc1c[nH]c(C)c1.Cc1ccsc1C. The summed E-state index contributed by atoms with van der Waals surface area (Å²) in [6.07, 6.45) is 2.00. The van der Waals surface area contributed by atoms with Crippen LogP contribution in [0.25, 0.3) is 0 Å². The molecule has 2 heteroatoms. The number of aryl methyl sites for hydroxylation is 4. The second kappa shape index (κ2) is 8.17. The molecule has 0 spiro atoms. The molecular weight excluding hydrogens is 214 g/mol. The molecule has 16 heavy (non-hydrogen) atoms. The topological polar surface area (TPSA) is 15.8 Å². The van der Waals surface area contributed by atoms with Crippen molar-refractivity contribution in [3.8, 4) is 0 Å². The minimum absolute atomic E-state index is 1.23. The number of hydrogen-bond donors (Lipinski definition) is 1. The second-order valence-electron chi connectivity index (χ2n) is 3.52. The minimum Gasteiger partial charge on any atom is -0.365 e. The molecule has 2 rings (SSSR count). The van der Waals surface area contributed by atoms with Crippen LogP contribution in [-0.4, -0.2) is 4.98 Å². The Morgan fingerprint density at radius 3 is 1.81 bits per heavy atom. The molecular formula is C14H23NS. The lowest BCUT2D eigenvalue weighted by Crippen LogP contribution is -1.61. The van der Waals surface area contributed by atoms with E-state index in [1.165, 1.54) is 21.7 Å². The van der Waals surface area contributed by atoms with Crippen molar-refractivity contribution in [2.24, 2.45) is 0 Å². The molecule has 2 aromatic rings. The maximum absolute atomic E-state index is 3.07. The van der Waals surface area contributed by atoms with Gasteiger partial charge in [-0.05, 0) is 56.3 Å². The summed E-state index contributed by atoms with van der Waals surface area (Å²) in [5, 5.41) is 2.12. The van der Waals surface area contributed by atoms with Gasteiger partial charge in [0.2, 0.25) is 0 Å². The lowest BCUT2D eigenvalue weighted by molar-refractivity contribution is 1.26. The van der Waals surface area contributed by atoms with Crippen LogP contribution in [0.5, 0.6) is 0 Å². The summed E-state index contributed by atoms with van der Waals surface area (Å²) in [5.41, 5.74) is 3.94. The van der Waals surface area contributed by atoms with Gasteiger partial charge in [-0.3, -0.25) is 0 Å². The number of aromatic nitrogens is 1. The van der Waals surface area contributed by atoms with Gasteiger partial charge in [0.25, 0.3) is 0 Å². The van der Waals surface area contributed by atoms with Gasteiger partial charge in [-0.25, -0.2) is 0 Å². The van der Waals surface area contributed by atoms with Crippen LogP contribution >= 0.6 is 11.3 Å². The molecule has 0 fully saturated rings. The molecule has 0 atom stereocenters. The smallest absolute Gasteiger partial charge is 0.0118 e. The minimum atomic E-state index is 1.23. The van der Waals surface area contributed by atoms with Crippen molar-refractivity contribution < 1.29 is 0 Å². The molecule has 0 radical (unpaired) electrons. The molecule has 0 bridgehead atoms. The number of aromatic amines is 1. The van der Waals surface area contributed by atoms with E-state index in [1.54, 1.807) is 11.3 Å². The van der Waals surface area contributed by atoms with Gasteiger partial charge < -0.3 is 4.98 Å². The van der Waals surface area contributed by atoms with Gasteiger partial charge in [-0.15, -0.1) is 11.3 Å². The predicted molar refractivity (Wildman–Crippen MR) is 75.4 cm³/mol. The third kappa shape index (κ3) is 5.76. The third-order valence-corrected chi connectivity index (χ3v) is 3.04. The van der Waals surface area contributed by atoms with Crippen LogP contribution in [0.1, 0.15) is 35.5 Å². The van der Waals surface area contributed by atoms with Crippen LogP contribution < -0.4 is 0 Å². The van der Waals surface area contributed by atoms with Gasteiger partial charge in [-0.1, -0.05) is 13.8 Å². The Morgan fingerprint density at radius 2 is 1.69 bits per heavy atom. The highest BCUT2D eigenvalue weighted by Crippen LogP contribution is 2.12. The van der Waals surface area contributed by atoms with E-state index < -0.39 is 0 Å². The molecule has 0 unspecified atom stereocenters. The molecule has 0 aliphatic carbocycles. The van der Waals surface area contributed by atoms with E-state index in [0.29, 0.717) is 0 Å². The molecule has 0 saturated carbocycles. The van der Waals surface area contributed by atoms with E-state index in [1.807, 2.05) is 27.0 Å². The van der Waals surface area contributed by atoms with E-state index in [-0.39, 0.29) is 0 Å². The van der Waals surface area contributed by atoms with Crippen LogP contribution in [-0.2, 0) is 0 Å². The molecule has 0 aliphatic rings. The number of rotatable bonds is 0. The van der Waals surface area contributed by atoms with E-state index in [9.17, 15) is 0 Å². The first kappa shape index (κ1) is 15.0. The summed E-state index contributed by atoms with van der Waals surface area (Å²) in [6, 6.07) is 4.25. The van der Waals surface area contributed by atoms with E-state index in [2.05, 4.69) is 43.3 Å². The zero-order valence-corrected chi connectivity index (χ0v) is 12.0. The number of hydrogen-bond acceptors (Lipinski definition) is 1. The van der Waals surface area contributed by atoms with Crippen molar-refractivity contribution in [3.05, 3.63) is 45.4 Å². The van der Waals surface area contributed by atoms with E-state index in [0.717, 1.165) is 0 Å². The van der Waals surface area contributed by atoms with Gasteiger partial charge in [0.1, 0.15) is 0 Å². The maximum atomic E-state index is 3.07. The average molecular weight is 237 g/mol. The molecule has 2 heterocycles. The third-order valence-electron chi connectivity index (χ3n) is 2.09. The Hall–Kier alpha value is -1.02. The Balaban J connectivity index is 0.000000244. The molecule has 2 aromatic heterocycles. The highest BCUT2D eigenvalue weighted by atomic mass is 32.1. The second-order valence-corrected chi connectivity index (χ2v) is 4.64. The highest BCUT2D eigenvalue weighted by molar-refractivity contribution is 7.10. The van der Waals surface area contributed by atoms with Crippen molar-refractivity contribution in [3.63, 3.8) is 0 Å². The lowest BCUT2D eigenvalue weighted by atomic mass is 10.3. The first-order valence-corrected chi connectivity index (χ1v) is 6.60. The monoisotopic (exact) mass is 237 g/mol. The Labute approximate surface area is 104 Å². The van der Waals surface area contributed by atoms with Crippen LogP contribution in [0.3, 0.4) is 0 Å². The fourth-order valence-electron chi connectivity index (χ4n) is 1.10. The van der Waals surface area contributed by atoms with Crippen LogP contribution in [0, 0.1) is 27.7 Å². The van der Waals surface area contributed by atoms with Crippen molar-refractivity contribution in [1.82, 2.24) is 4.98 Å². The van der Waals surface area contributed by atoms with E-state index >= 15 is 0 Å². The maximum Gasteiger partial charge on any atom is 0.0118 e. The van der Waals surface area contributed by atoms with Crippen LogP contribution in [0.2, 0.25) is 0 Å². The molecule has 1 N–H and O–H groups in total. The van der Waals surface area contributed by atoms with Crippen molar-refractivity contribution in [2.75, 3.05) is 0 Å². The summed E-state index contributed by atoms with van der Waals surface area (Å²) in [7, 11) is 0. The van der Waals surface area contributed by atoms with Gasteiger partial charge in [0, 0.05) is 16.8 Å². The number of H-pyrrole nitrogens is 1. The predicted octanol–water partition coefficient (Wildman–Crippen LogP) is 5.02. The summed E-state index contributed by atoms with van der Waals surface area (Å²) in [6.45, 7) is 12.4. The number of nitrogens with one attached hydrogen (secondary N) is 1. The fraction of sp³-hybridized carbons (Fsp3) is 0.429. The van der Waals surface area contributed by atoms with Gasteiger partial charge in [0.15, 0.2) is 0 Å². The quantitative estimate of drug-likeness (QED) is 0.662. The van der Waals surface area contributed by atoms with Gasteiger partial charge >= 0.3 is 0 Å². The fourth-order valence-corrected chi connectivity index (χ4v) is 1.83. The molecule has 0 aliphatic heterocycles. The van der Waals surface area contributed by atoms with Crippen molar-refractivity contribution >= 4 is 11.3 Å². The van der Waals surface area contributed by atoms with Crippen molar-refractivity contribution in [1.29, 1.82) is 0 Å². The molecule has 0 saturated heterocycles. The molecule has 0 amide bonds. The van der Waals surface area contributed by atoms with Crippen molar-refractivity contribution in [2.45, 2.75) is 41.5 Å². The summed E-state index contributed by atoms with van der Waals surface area (Å²) in [5.74, 6) is 0. The summed E-state index contributed by atoms with van der Waals surface area (Å²) < 4.78 is 0. The Kier molecular flexibility index (Phi) is 7.65. The normalized spacial score (nSPS) is 8.62. The molecule has 1 nitrogen and oxygen atoms in total. The Morgan fingerprint density at radius 1 is 1.06 bits per heavy atom. The lowest BCUT2D eigenvalue weighted by Gasteiger charge is -1.79. The van der Waals surface area contributed by atoms with E-state index in [4.69, 9.17) is 0 Å². The summed E-state index contributed by atoms with van der Waals surface area (Å²) in [4.78, 5) is 4.50. The first-order chi connectivity index (χ1) is 7.59. The average Bonchev–Trinajstić information content (AvgIpc) is 2.81. The van der Waals surface area contributed by atoms with Crippen LogP contribution in [0.4, 0.5) is 0 Å². The zero-order chi connectivity index (χ0) is 12.6.